The molecule has 1 aromatic rings. The van der Waals surface area contributed by atoms with Crippen LogP contribution in [0.2, 0.25) is 4.47 Å². The van der Waals surface area contributed by atoms with Crippen molar-refractivity contribution in [2.24, 2.45) is 0 Å². The van der Waals surface area contributed by atoms with E-state index in [1.165, 1.54) is 0 Å². The predicted molar refractivity (Wildman–Crippen MR) is 54.1 cm³/mol. The molecule has 0 bridgehead atoms. The molecule has 1 aromatic heterocycles. The highest BCUT2D eigenvalue weighted by atomic mass is 35.5. The minimum atomic E-state index is -3.54. The second kappa shape index (κ2) is 5.00. The van der Waals surface area contributed by atoms with Gasteiger partial charge >= 0.3 is 0 Å². The first-order valence-electron chi connectivity index (χ1n) is 3.77. The monoisotopic (exact) mass is 273 g/mol. The lowest BCUT2D eigenvalue weighted by atomic mass is 10.5. The van der Waals surface area contributed by atoms with E-state index >= 15 is 0 Å². The van der Waals surface area contributed by atoms with Crippen LogP contribution in [0.4, 0.5) is 8.78 Å². The minimum Gasteiger partial charge on any atom is -0.232 e. The fraction of sp³-hybridized carbons (Fsp3) is 0.286. The van der Waals surface area contributed by atoms with Crippen LogP contribution in [0.5, 0.6) is 0 Å². The highest BCUT2D eigenvalue weighted by Crippen LogP contribution is 2.23. The molecule has 0 unspecified atom stereocenters. The van der Waals surface area contributed by atoms with Gasteiger partial charge in [0.2, 0.25) is 0 Å². The Hall–Kier alpha value is -0.530. The first-order chi connectivity index (χ1) is 6.92. The summed E-state index contributed by atoms with van der Waals surface area (Å²) in [5.41, 5.74) is 0. The fourth-order valence-corrected chi connectivity index (χ4v) is 3.46. The zero-order valence-electron chi connectivity index (χ0n) is 7.28. The molecule has 3 nitrogen and oxygen atoms in total. The van der Waals surface area contributed by atoms with Crippen molar-refractivity contribution in [2.75, 3.05) is 5.75 Å². The van der Waals surface area contributed by atoms with Crippen molar-refractivity contribution in [2.45, 2.75) is 10.6 Å². The van der Waals surface area contributed by atoms with E-state index in [1.54, 1.807) is 0 Å². The molecular formula is C7H6ClF2NO2S2. The van der Waals surface area contributed by atoms with Crippen LogP contribution < -0.4 is 0 Å². The number of hydrogen-bond acceptors (Lipinski definition) is 4. The van der Waals surface area contributed by atoms with Gasteiger partial charge in [0.25, 0.3) is 6.08 Å². The average molecular weight is 274 g/mol. The van der Waals surface area contributed by atoms with Crippen molar-refractivity contribution in [3.05, 3.63) is 22.8 Å². The second-order valence-electron chi connectivity index (χ2n) is 2.53. The van der Waals surface area contributed by atoms with Gasteiger partial charge in [-0.2, -0.15) is 8.78 Å². The molecule has 0 amide bonds. The Balaban J connectivity index is 2.73. The number of halogens is 3. The molecule has 1 heterocycles. The van der Waals surface area contributed by atoms with Gasteiger partial charge in [-0.1, -0.05) is 22.9 Å². The van der Waals surface area contributed by atoms with E-state index in [0.29, 0.717) is 6.08 Å². The molecule has 0 saturated heterocycles. The third-order valence-electron chi connectivity index (χ3n) is 1.45. The molecule has 1 rings (SSSR count). The molecule has 0 aliphatic rings. The number of allylic oxidation sites excluding steroid dienone is 1. The SMILES string of the molecule is O=S(=O)(CCC=C(F)F)c1cnc(Cl)s1. The lowest BCUT2D eigenvalue weighted by molar-refractivity contribution is 0.418. The Morgan fingerprint density at radius 1 is 1.60 bits per heavy atom. The molecule has 0 aromatic carbocycles. The summed E-state index contributed by atoms with van der Waals surface area (Å²) in [5, 5.41) is 0. The van der Waals surface area contributed by atoms with Gasteiger partial charge < -0.3 is 0 Å². The average Bonchev–Trinajstić information content (AvgIpc) is 2.51. The Kier molecular flexibility index (Phi) is 4.18. The number of nitrogens with zero attached hydrogens (tertiary/aromatic N) is 1. The summed E-state index contributed by atoms with van der Waals surface area (Å²) in [4.78, 5) is 3.57. The van der Waals surface area contributed by atoms with Crippen LogP contribution in [0, 0.1) is 0 Å². The van der Waals surface area contributed by atoms with Crippen LogP contribution in [-0.4, -0.2) is 19.2 Å². The zero-order valence-corrected chi connectivity index (χ0v) is 9.67. The molecular weight excluding hydrogens is 268 g/mol. The Bertz CT molecular complexity index is 465. The van der Waals surface area contributed by atoms with Gasteiger partial charge in [0.05, 0.1) is 11.9 Å². The Labute approximate surface area is 94.3 Å². The molecule has 0 fully saturated rings. The molecule has 0 saturated carbocycles. The second-order valence-corrected chi connectivity index (χ2v) is 6.48. The van der Waals surface area contributed by atoms with Crippen molar-refractivity contribution < 1.29 is 17.2 Å². The third-order valence-corrected chi connectivity index (χ3v) is 4.86. The zero-order chi connectivity index (χ0) is 11.5. The standard InChI is InChI=1S/C7H6ClF2NO2S2/c8-7-11-4-6(14-7)15(12,13)3-1-2-5(9)10/h2,4H,1,3H2. The molecule has 0 N–H and O–H groups in total. The number of rotatable bonds is 4. The summed E-state index contributed by atoms with van der Waals surface area (Å²) in [7, 11) is -3.54. The molecule has 8 heteroatoms. The number of hydrogen-bond donors (Lipinski definition) is 0. The van der Waals surface area contributed by atoms with Crippen LogP contribution in [-0.2, 0) is 9.84 Å². The fourth-order valence-electron chi connectivity index (χ4n) is 0.807. The van der Waals surface area contributed by atoms with E-state index in [4.69, 9.17) is 11.6 Å². The molecule has 0 aliphatic heterocycles. The molecule has 84 valence electrons. The Morgan fingerprint density at radius 2 is 2.27 bits per heavy atom. The normalized spacial score (nSPS) is 11.4. The highest BCUT2D eigenvalue weighted by molar-refractivity contribution is 7.93. The van der Waals surface area contributed by atoms with Crippen molar-refractivity contribution in [3.63, 3.8) is 0 Å². The number of aromatic nitrogens is 1. The first kappa shape index (κ1) is 12.5. The van der Waals surface area contributed by atoms with Gasteiger partial charge in [-0.3, -0.25) is 0 Å². The van der Waals surface area contributed by atoms with Gasteiger partial charge in [0.1, 0.15) is 4.21 Å². The number of thiazole rings is 1. The van der Waals surface area contributed by atoms with Gasteiger partial charge in [-0.05, 0) is 12.5 Å². The number of sulfone groups is 1. The van der Waals surface area contributed by atoms with Crippen LogP contribution in [0.25, 0.3) is 0 Å². The summed E-state index contributed by atoms with van der Waals surface area (Å²) >= 11 is 6.27. The van der Waals surface area contributed by atoms with E-state index < -0.39 is 15.9 Å². The third kappa shape index (κ3) is 3.84. The lowest BCUT2D eigenvalue weighted by Crippen LogP contribution is -2.03. The summed E-state index contributed by atoms with van der Waals surface area (Å²) in [6.07, 6.45) is -0.411. The van der Waals surface area contributed by atoms with E-state index in [-0.39, 0.29) is 20.8 Å². The first-order valence-corrected chi connectivity index (χ1v) is 6.62. The summed E-state index contributed by atoms with van der Waals surface area (Å²) < 4.78 is 46.3. The van der Waals surface area contributed by atoms with Crippen LogP contribution in [0.3, 0.4) is 0 Å². The largest absolute Gasteiger partial charge is 0.266 e. The van der Waals surface area contributed by atoms with Crippen LogP contribution in [0.1, 0.15) is 6.42 Å². The summed E-state index contributed by atoms with van der Waals surface area (Å²) in [5.74, 6) is -0.372. The smallest absolute Gasteiger partial charge is 0.232 e. The van der Waals surface area contributed by atoms with Crippen molar-refractivity contribution in [3.8, 4) is 0 Å². The molecule has 0 radical (unpaired) electrons. The van der Waals surface area contributed by atoms with Gasteiger partial charge in [-0.25, -0.2) is 13.4 Å². The maximum Gasteiger partial charge on any atom is 0.266 e. The maximum atomic E-state index is 11.7. The highest BCUT2D eigenvalue weighted by Gasteiger charge is 2.16. The summed E-state index contributed by atoms with van der Waals surface area (Å²) in [6.45, 7) is 0. The topological polar surface area (TPSA) is 47.0 Å². The van der Waals surface area contributed by atoms with Gasteiger partial charge in [0, 0.05) is 0 Å². The quantitative estimate of drug-likeness (QED) is 0.847. The van der Waals surface area contributed by atoms with E-state index in [2.05, 4.69) is 4.98 Å². The van der Waals surface area contributed by atoms with Crippen LogP contribution in [0.15, 0.2) is 22.6 Å². The summed E-state index contributed by atoms with van der Waals surface area (Å²) in [6, 6.07) is 0. The van der Waals surface area contributed by atoms with E-state index in [0.717, 1.165) is 17.5 Å². The van der Waals surface area contributed by atoms with E-state index in [9.17, 15) is 17.2 Å². The van der Waals surface area contributed by atoms with Gasteiger partial charge in [0.15, 0.2) is 14.3 Å². The Morgan fingerprint density at radius 3 is 2.73 bits per heavy atom. The van der Waals surface area contributed by atoms with Gasteiger partial charge in [-0.15, -0.1) is 0 Å². The molecule has 15 heavy (non-hydrogen) atoms. The maximum absolute atomic E-state index is 11.7. The van der Waals surface area contributed by atoms with Crippen molar-refractivity contribution in [1.29, 1.82) is 0 Å². The minimum absolute atomic E-state index is 0.000154. The van der Waals surface area contributed by atoms with E-state index in [1.807, 2.05) is 0 Å². The predicted octanol–water partition coefficient (Wildman–Crippen LogP) is 2.74. The van der Waals surface area contributed by atoms with Crippen LogP contribution >= 0.6 is 22.9 Å². The molecule has 0 spiro atoms. The van der Waals surface area contributed by atoms with Crippen molar-refractivity contribution >= 4 is 32.8 Å². The molecule has 0 aliphatic carbocycles. The molecule has 0 atom stereocenters. The lowest BCUT2D eigenvalue weighted by Gasteiger charge is -1.96. The van der Waals surface area contributed by atoms with Crippen molar-refractivity contribution in [1.82, 2.24) is 4.98 Å².